The number of carbonyl (C=O) groups excluding carboxylic acids is 2. The number of carboxylic acid groups (broad SMARTS) is 1. The summed E-state index contributed by atoms with van der Waals surface area (Å²) in [4.78, 5) is 30.4. The number of carbonyl (C=O) groups is 2. The van der Waals surface area contributed by atoms with Crippen molar-refractivity contribution in [3.63, 3.8) is 0 Å². The average molecular weight is 472 g/mol. The van der Waals surface area contributed by atoms with Crippen molar-refractivity contribution in [2.45, 2.75) is 45.8 Å². The van der Waals surface area contributed by atoms with Gasteiger partial charge < -0.3 is 29.0 Å². The quantitative estimate of drug-likeness (QED) is 0.541. The topological polar surface area (TPSA) is 101 Å². The van der Waals surface area contributed by atoms with Crippen LogP contribution in [0.3, 0.4) is 0 Å². The summed E-state index contributed by atoms with van der Waals surface area (Å²) in [6.45, 7) is 8.31. The first-order valence-electron chi connectivity index (χ1n) is 10.3. The van der Waals surface area contributed by atoms with Gasteiger partial charge in [-0.15, -0.1) is 11.3 Å². The van der Waals surface area contributed by atoms with Gasteiger partial charge in [0.05, 0.1) is 24.7 Å². The molecule has 11 heteroatoms. The normalized spacial score (nSPS) is 16.2. The van der Waals surface area contributed by atoms with Gasteiger partial charge in [0.25, 0.3) is 0 Å². The number of amides is 1. The summed E-state index contributed by atoms with van der Waals surface area (Å²) in [6.07, 6.45) is 1.47. The fourth-order valence-corrected chi connectivity index (χ4v) is 3.94. The van der Waals surface area contributed by atoms with Crippen LogP contribution in [0, 0.1) is 5.82 Å². The third-order valence-electron chi connectivity index (χ3n) is 4.62. The number of carboxylic acids is 1. The number of nitrogens with zero attached hydrogens (tertiary/aromatic N) is 2. The fourth-order valence-electron chi connectivity index (χ4n) is 3.08. The summed E-state index contributed by atoms with van der Waals surface area (Å²) in [7, 11) is 0. The Bertz CT molecular complexity index is 994. The molecule has 1 fully saturated rings. The summed E-state index contributed by atoms with van der Waals surface area (Å²) >= 11 is 1.28. The number of hydrogen-bond donors (Lipinski definition) is 0. The molecule has 1 amide bonds. The molecule has 0 unspecified atom stereocenters. The Hall–Kier alpha value is -2.12. The zero-order valence-corrected chi connectivity index (χ0v) is 20.3. The maximum Gasteiger partial charge on any atom is 1.00 e. The first-order valence-corrected chi connectivity index (χ1v) is 11.1. The summed E-state index contributed by atoms with van der Waals surface area (Å²) in [6, 6.07) is 2.49. The number of thiazole rings is 1. The molecule has 1 aliphatic heterocycles. The predicted octanol–water partition coefficient (Wildman–Crippen LogP) is -0.106. The molecular formula is C22H26FLiN2O6S. The molecule has 3 rings (SSSR count). The Balaban J connectivity index is 0.00000385. The number of rotatable bonds is 6. The molecular weight excluding hydrogens is 446 g/mol. The van der Waals surface area contributed by atoms with Crippen molar-refractivity contribution >= 4 is 23.4 Å². The van der Waals surface area contributed by atoms with Crippen LogP contribution in [0.4, 0.5) is 9.18 Å². The second-order valence-corrected chi connectivity index (χ2v) is 9.45. The van der Waals surface area contributed by atoms with Gasteiger partial charge in [-0.3, -0.25) is 0 Å². The van der Waals surface area contributed by atoms with Gasteiger partial charge in [0.2, 0.25) is 0 Å². The van der Waals surface area contributed by atoms with Crippen LogP contribution in [0.25, 0.3) is 10.6 Å². The van der Waals surface area contributed by atoms with E-state index in [1.54, 1.807) is 27.0 Å². The summed E-state index contributed by atoms with van der Waals surface area (Å²) in [5.74, 6) is -2.42. The van der Waals surface area contributed by atoms with Crippen LogP contribution in [0.15, 0.2) is 18.3 Å². The van der Waals surface area contributed by atoms with E-state index in [1.165, 1.54) is 22.3 Å². The standard InChI is InChI=1S/C22H27FN2O6S.Li/c1-5-15-10-24-19(32-15)16-8-13(9-17(18(16)23)20(26)27)30-12-14-11-25(6-7-29-14)21(28)31-22(2,3)4;/h8-10,14H,5-7,11-12H2,1-4H3,(H,26,27);/q;+1/p-1/t14-;/m1./s1. The maximum absolute atomic E-state index is 14.8. The summed E-state index contributed by atoms with van der Waals surface area (Å²) in [5.41, 5.74) is -1.18. The Morgan fingerprint density at radius 1 is 1.36 bits per heavy atom. The Morgan fingerprint density at radius 3 is 2.70 bits per heavy atom. The van der Waals surface area contributed by atoms with Crippen molar-refractivity contribution in [2.24, 2.45) is 0 Å². The number of morpholine rings is 1. The number of halogens is 1. The van der Waals surface area contributed by atoms with Crippen molar-refractivity contribution in [1.29, 1.82) is 0 Å². The number of benzene rings is 1. The summed E-state index contributed by atoms with van der Waals surface area (Å²) < 4.78 is 31.6. The van der Waals surface area contributed by atoms with Crippen molar-refractivity contribution in [3.8, 4) is 16.3 Å². The van der Waals surface area contributed by atoms with Crippen LogP contribution in [0.5, 0.6) is 5.75 Å². The van der Waals surface area contributed by atoms with Crippen molar-refractivity contribution in [1.82, 2.24) is 9.88 Å². The fraction of sp³-hybridized carbons (Fsp3) is 0.500. The molecule has 33 heavy (non-hydrogen) atoms. The van der Waals surface area contributed by atoms with Gasteiger partial charge in [-0.05, 0) is 39.3 Å². The third-order valence-corrected chi connectivity index (χ3v) is 5.80. The molecule has 1 aromatic heterocycles. The van der Waals surface area contributed by atoms with Gasteiger partial charge in [0.15, 0.2) is 0 Å². The van der Waals surface area contributed by atoms with E-state index in [0.717, 1.165) is 17.4 Å². The first kappa shape index (κ1) is 27.1. The predicted molar refractivity (Wildman–Crippen MR) is 114 cm³/mol. The molecule has 0 bridgehead atoms. The van der Waals surface area contributed by atoms with Crippen LogP contribution in [0.2, 0.25) is 0 Å². The molecule has 0 aliphatic carbocycles. The van der Waals surface area contributed by atoms with Crippen molar-refractivity contribution in [3.05, 3.63) is 34.6 Å². The van der Waals surface area contributed by atoms with Gasteiger partial charge in [-0.1, -0.05) is 6.92 Å². The Morgan fingerprint density at radius 2 is 2.09 bits per heavy atom. The monoisotopic (exact) mass is 472 g/mol. The van der Waals surface area contributed by atoms with Crippen LogP contribution < -0.4 is 28.7 Å². The molecule has 1 aliphatic rings. The number of hydrogen-bond acceptors (Lipinski definition) is 8. The third kappa shape index (κ3) is 7.18. The number of ether oxygens (including phenoxy) is 3. The van der Waals surface area contributed by atoms with Gasteiger partial charge >= 0.3 is 25.0 Å². The molecule has 0 spiro atoms. The Kier molecular flexibility index (Phi) is 9.32. The molecule has 0 radical (unpaired) electrons. The molecule has 1 atom stereocenters. The van der Waals surface area contributed by atoms with E-state index in [2.05, 4.69) is 4.98 Å². The van der Waals surface area contributed by atoms with Crippen LogP contribution in [-0.2, 0) is 15.9 Å². The second kappa shape index (κ2) is 11.3. The van der Waals surface area contributed by atoms with E-state index in [-0.39, 0.29) is 43.3 Å². The van der Waals surface area contributed by atoms with Gasteiger partial charge in [0, 0.05) is 23.2 Å². The zero-order valence-electron chi connectivity index (χ0n) is 19.5. The number of aromatic nitrogens is 1. The zero-order chi connectivity index (χ0) is 23.5. The molecule has 2 heterocycles. The molecule has 0 N–H and O–H groups in total. The van der Waals surface area contributed by atoms with Crippen molar-refractivity contribution < 1.29 is 52.2 Å². The molecule has 1 aromatic carbocycles. The minimum absolute atomic E-state index is 0. The van der Waals surface area contributed by atoms with Crippen LogP contribution in [-0.4, -0.2) is 60.0 Å². The molecule has 1 saturated heterocycles. The number of aryl methyl sites for hydroxylation is 1. The first-order chi connectivity index (χ1) is 15.1. The van der Waals surface area contributed by atoms with E-state index in [9.17, 15) is 19.1 Å². The van der Waals surface area contributed by atoms with Crippen molar-refractivity contribution in [2.75, 3.05) is 26.3 Å². The van der Waals surface area contributed by atoms with E-state index in [0.29, 0.717) is 18.2 Å². The second-order valence-electron chi connectivity index (χ2n) is 8.34. The minimum atomic E-state index is -1.65. The van der Waals surface area contributed by atoms with E-state index >= 15 is 0 Å². The smallest absolute Gasteiger partial charge is 0.545 e. The van der Waals surface area contributed by atoms with Crippen LogP contribution in [0.1, 0.15) is 42.9 Å². The number of aromatic carboxylic acids is 1. The van der Waals surface area contributed by atoms with E-state index in [1.807, 2.05) is 6.92 Å². The molecule has 8 nitrogen and oxygen atoms in total. The summed E-state index contributed by atoms with van der Waals surface area (Å²) in [5, 5.41) is 11.8. The average Bonchev–Trinajstić information content (AvgIpc) is 3.21. The molecule has 2 aromatic rings. The van der Waals surface area contributed by atoms with E-state index in [4.69, 9.17) is 14.2 Å². The maximum atomic E-state index is 14.8. The van der Waals surface area contributed by atoms with Gasteiger partial charge in [0.1, 0.15) is 34.9 Å². The largest absolute Gasteiger partial charge is 1.00 e. The van der Waals surface area contributed by atoms with Gasteiger partial charge in [-0.25, -0.2) is 14.2 Å². The van der Waals surface area contributed by atoms with Gasteiger partial charge in [-0.2, -0.15) is 0 Å². The molecule has 0 saturated carbocycles. The molecule has 174 valence electrons. The SMILES string of the molecule is CCc1cnc(-c2cc(OC[C@H]3CN(C(=O)OC(C)(C)C)CCO3)cc(C(=O)[O-])c2F)s1.[Li+]. The Labute approximate surface area is 208 Å². The van der Waals surface area contributed by atoms with Crippen LogP contribution >= 0.6 is 11.3 Å². The minimum Gasteiger partial charge on any atom is -0.545 e. The van der Waals surface area contributed by atoms with E-state index < -0.39 is 35.1 Å².